The molecule has 0 radical (unpaired) electrons. The molecule has 0 unspecified atom stereocenters. The van der Waals surface area contributed by atoms with Crippen molar-refractivity contribution in [2.75, 3.05) is 16.0 Å². The molecule has 2 fully saturated rings. The minimum atomic E-state index is 0.108. The number of benzene rings is 1. The van der Waals surface area contributed by atoms with Gasteiger partial charge >= 0.3 is 0 Å². The molecule has 1 amide bonds. The number of carbonyl (C=O) groups is 1. The molecule has 0 aliphatic heterocycles. The highest BCUT2D eigenvalue weighted by atomic mass is 32.2. The Hall–Kier alpha value is -2.72. The molecular weight excluding hydrogens is 418 g/mol. The lowest BCUT2D eigenvalue weighted by molar-refractivity contribution is -0.117. The summed E-state index contributed by atoms with van der Waals surface area (Å²) >= 11 is 3.01. The third-order valence-corrected chi connectivity index (χ3v) is 6.35. The Morgan fingerprint density at radius 1 is 1.07 bits per heavy atom. The van der Waals surface area contributed by atoms with Gasteiger partial charge in [0.25, 0.3) is 0 Å². The second-order valence-electron chi connectivity index (χ2n) is 7.47. The maximum atomic E-state index is 11.9. The minimum absolute atomic E-state index is 0.108. The fourth-order valence-corrected chi connectivity index (χ4v) is 4.15. The lowest BCUT2D eigenvalue weighted by Crippen LogP contribution is -2.12. The predicted octanol–water partition coefficient (Wildman–Crippen LogP) is 4.45. The molecule has 5 rings (SSSR count). The van der Waals surface area contributed by atoms with E-state index in [1.54, 1.807) is 11.3 Å². The summed E-state index contributed by atoms with van der Waals surface area (Å²) in [6, 6.07) is 8.18. The first kappa shape index (κ1) is 19.3. The molecule has 30 heavy (non-hydrogen) atoms. The number of anilines is 4. The van der Waals surface area contributed by atoms with Gasteiger partial charge in [0.1, 0.15) is 0 Å². The number of nitrogens with one attached hydrogen (secondary N) is 3. The van der Waals surface area contributed by atoms with Crippen LogP contribution in [0.5, 0.6) is 0 Å². The van der Waals surface area contributed by atoms with Crippen LogP contribution in [0.15, 0.2) is 40.5 Å². The van der Waals surface area contributed by atoms with Crippen molar-refractivity contribution in [3.05, 3.63) is 35.3 Å². The van der Waals surface area contributed by atoms with Crippen molar-refractivity contribution in [3.63, 3.8) is 0 Å². The summed E-state index contributed by atoms with van der Waals surface area (Å²) < 4.78 is 0. The van der Waals surface area contributed by atoms with Crippen LogP contribution in [0.3, 0.4) is 0 Å². The molecular formula is C20H21N7OS2. The van der Waals surface area contributed by atoms with E-state index < -0.39 is 0 Å². The van der Waals surface area contributed by atoms with Gasteiger partial charge in [0.05, 0.1) is 0 Å². The van der Waals surface area contributed by atoms with Crippen molar-refractivity contribution in [1.82, 2.24) is 19.9 Å². The monoisotopic (exact) mass is 439 g/mol. The van der Waals surface area contributed by atoms with Crippen LogP contribution in [0.2, 0.25) is 0 Å². The van der Waals surface area contributed by atoms with E-state index in [1.165, 1.54) is 11.8 Å². The van der Waals surface area contributed by atoms with E-state index in [0.717, 1.165) is 46.3 Å². The average molecular weight is 440 g/mol. The van der Waals surface area contributed by atoms with Gasteiger partial charge in [0, 0.05) is 33.6 Å². The summed E-state index contributed by atoms with van der Waals surface area (Å²) in [5, 5.41) is 10.8. The zero-order chi connectivity index (χ0) is 20.5. The van der Waals surface area contributed by atoms with Gasteiger partial charge < -0.3 is 10.6 Å². The number of aromatic nitrogens is 4. The van der Waals surface area contributed by atoms with Crippen molar-refractivity contribution in [2.45, 2.75) is 48.7 Å². The summed E-state index contributed by atoms with van der Waals surface area (Å²) in [5.74, 6) is 1.34. The molecule has 154 valence electrons. The van der Waals surface area contributed by atoms with Gasteiger partial charge in [-0.05, 0) is 68.6 Å². The van der Waals surface area contributed by atoms with Crippen LogP contribution in [0, 0.1) is 12.8 Å². The molecule has 2 aliphatic carbocycles. The van der Waals surface area contributed by atoms with Crippen molar-refractivity contribution < 1.29 is 4.79 Å². The fourth-order valence-electron chi connectivity index (χ4n) is 2.74. The molecule has 3 aromatic rings. The second-order valence-corrected chi connectivity index (χ2v) is 9.75. The van der Waals surface area contributed by atoms with Crippen LogP contribution in [-0.2, 0) is 4.79 Å². The highest BCUT2D eigenvalue weighted by Gasteiger charge is 2.29. The largest absolute Gasteiger partial charge is 0.351 e. The highest BCUT2D eigenvalue weighted by molar-refractivity contribution is 7.99. The van der Waals surface area contributed by atoms with Crippen LogP contribution in [0.1, 0.15) is 30.6 Å². The Labute approximate surface area is 182 Å². The molecule has 1 aromatic carbocycles. The van der Waals surface area contributed by atoms with Gasteiger partial charge in [-0.15, -0.1) is 11.3 Å². The summed E-state index contributed by atoms with van der Waals surface area (Å²) in [7, 11) is 0. The molecule has 0 bridgehead atoms. The highest BCUT2D eigenvalue weighted by Crippen LogP contribution is 2.32. The first-order valence-corrected chi connectivity index (χ1v) is 11.5. The number of hydrogen-bond donors (Lipinski definition) is 3. The smallest absolute Gasteiger partial charge is 0.234 e. The van der Waals surface area contributed by atoms with Gasteiger partial charge in [-0.25, -0.2) is 4.98 Å². The van der Waals surface area contributed by atoms with Gasteiger partial charge in [-0.1, -0.05) is 0 Å². The third-order valence-electron chi connectivity index (χ3n) is 4.64. The molecule has 0 spiro atoms. The Morgan fingerprint density at radius 2 is 1.83 bits per heavy atom. The van der Waals surface area contributed by atoms with Crippen LogP contribution in [0.4, 0.5) is 22.7 Å². The summed E-state index contributed by atoms with van der Waals surface area (Å²) in [6.07, 6.45) is 6.07. The van der Waals surface area contributed by atoms with E-state index in [1.807, 2.05) is 37.4 Å². The standard InChI is InChI=1S/C20H21N7OS2/c1-11-10-21-19(29-11)25-18-24-17(23-14-4-5-14)26-20(27-18)30-15-8-6-13(7-9-15)22-16(28)12-2-3-12/h6-10,12,14H,2-5H2,1H3,(H,22,28)(H2,21,23,24,25,26,27). The maximum absolute atomic E-state index is 11.9. The van der Waals surface area contributed by atoms with Crippen molar-refractivity contribution in [3.8, 4) is 0 Å². The Kier molecular flexibility index (Phi) is 5.26. The summed E-state index contributed by atoms with van der Waals surface area (Å²) in [4.78, 5) is 31.9. The summed E-state index contributed by atoms with van der Waals surface area (Å²) in [6.45, 7) is 2.01. The fraction of sp³-hybridized carbons (Fsp3) is 0.350. The van der Waals surface area contributed by atoms with E-state index in [9.17, 15) is 4.79 Å². The van der Waals surface area contributed by atoms with Crippen molar-refractivity contribution in [2.24, 2.45) is 5.92 Å². The van der Waals surface area contributed by atoms with Crippen LogP contribution in [-0.4, -0.2) is 31.9 Å². The lowest BCUT2D eigenvalue weighted by Gasteiger charge is -2.09. The number of amides is 1. The van der Waals surface area contributed by atoms with Crippen LogP contribution in [0.25, 0.3) is 0 Å². The van der Waals surface area contributed by atoms with Gasteiger partial charge in [0.15, 0.2) is 10.3 Å². The number of rotatable bonds is 8. The quantitative estimate of drug-likeness (QED) is 0.473. The van der Waals surface area contributed by atoms with E-state index in [2.05, 4.69) is 35.9 Å². The Balaban J connectivity index is 1.31. The molecule has 2 aliphatic rings. The maximum Gasteiger partial charge on any atom is 0.234 e. The summed E-state index contributed by atoms with van der Waals surface area (Å²) in [5.41, 5.74) is 0.810. The average Bonchev–Trinajstić information content (AvgIpc) is 3.63. The number of hydrogen-bond acceptors (Lipinski definition) is 9. The van der Waals surface area contributed by atoms with E-state index in [0.29, 0.717) is 23.1 Å². The molecule has 2 saturated carbocycles. The number of nitrogens with zero attached hydrogens (tertiary/aromatic N) is 4. The number of aryl methyl sites for hydroxylation is 1. The topological polar surface area (TPSA) is 105 Å². The third kappa shape index (κ3) is 5.06. The SMILES string of the molecule is Cc1cnc(Nc2nc(NC3CC3)nc(Sc3ccc(NC(=O)C4CC4)cc3)n2)s1. The van der Waals surface area contributed by atoms with Gasteiger partial charge in [-0.3, -0.25) is 10.1 Å². The van der Waals surface area contributed by atoms with E-state index >= 15 is 0 Å². The zero-order valence-corrected chi connectivity index (χ0v) is 18.0. The van der Waals surface area contributed by atoms with Crippen LogP contribution < -0.4 is 16.0 Å². The Bertz CT molecular complexity index is 1060. The Morgan fingerprint density at radius 3 is 2.50 bits per heavy atom. The van der Waals surface area contributed by atoms with Crippen molar-refractivity contribution >= 4 is 51.7 Å². The molecule has 2 heterocycles. The first-order valence-electron chi connectivity index (χ1n) is 9.91. The first-order chi connectivity index (χ1) is 14.6. The predicted molar refractivity (Wildman–Crippen MR) is 119 cm³/mol. The lowest BCUT2D eigenvalue weighted by atomic mass is 10.3. The number of carbonyl (C=O) groups excluding carboxylic acids is 1. The van der Waals surface area contributed by atoms with Gasteiger partial charge in [0.2, 0.25) is 17.8 Å². The molecule has 10 heteroatoms. The molecule has 8 nitrogen and oxygen atoms in total. The molecule has 0 atom stereocenters. The molecule has 3 N–H and O–H groups in total. The second kappa shape index (κ2) is 8.19. The minimum Gasteiger partial charge on any atom is -0.351 e. The van der Waals surface area contributed by atoms with E-state index in [-0.39, 0.29) is 11.8 Å². The zero-order valence-electron chi connectivity index (χ0n) is 16.4. The van der Waals surface area contributed by atoms with Crippen LogP contribution >= 0.6 is 23.1 Å². The number of thiazole rings is 1. The van der Waals surface area contributed by atoms with E-state index in [4.69, 9.17) is 0 Å². The normalized spacial score (nSPS) is 15.6. The van der Waals surface area contributed by atoms with Gasteiger partial charge in [-0.2, -0.15) is 15.0 Å². The molecule has 2 aromatic heterocycles. The van der Waals surface area contributed by atoms with Crippen molar-refractivity contribution in [1.29, 1.82) is 0 Å². The molecule has 0 saturated heterocycles.